The van der Waals surface area contributed by atoms with E-state index in [1.54, 1.807) is 24.3 Å². The van der Waals surface area contributed by atoms with Gasteiger partial charge in [0.15, 0.2) is 0 Å². The zero-order chi connectivity index (χ0) is 11.4. The van der Waals surface area contributed by atoms with Crippen LogP contribution in [-0.4, -0.2) is 11.9 Å². The standard InChI is InChI=1S/C13H16N2O/c14-11-6-4-5-10(9-11)13(16)15-12-7-2-1-3-8-12/h1-2,4-6,9,12H,3,7-8,14H2,(H,15,16). The van der Waals surface area contributed by atoms with Gasteiger partial charge >= 0.3 is 0 Å². The van der Waals surface area contributed by atoms with Crippen molar-refractivity contribution in [1.29, 1.82) is 0 Å². The fourth-order valence-electron chi connectivity index (χ4n) is 1.87. The molecular formula is C13H16N2O. The van der Waals surface area contributed by atoms with Crippen LogP contribution in [0, 0.1) is 0 Å². The molecule has 0 aliphatic heterocycles. The molecule has 1 aromatic carbocycles. The van der Waals surface area contributed by atoms with Crippen LogP contribution in [0.2, 0.25) is 0 Å². The van der Waals surface area contributed by atoms with Gasteiger partial charge in [-0.1, -0.05) is 18.2 Å². The molecule has 0 aromatic heterocycles. The minimum absolute atomic E-state index is 0.0346. The van der Waals surface area contributed by atoms with Crippen molar-refractivity contribution in [3.8, 4) is 0 Å². The Labute approximate surface area is 95.3 Å². The molecule has 0 heterocycles. The van der Waals surface area contributed by atoms with Crippen LogP contribution in [0.25, 0.3) is 0 Å². The molecule has 0 saturated heterocycles. The van der Waals surface area contributed by atoms with Crippen molar-refractivity contribution < 1.29 is 4.79 Å². The van der Waals surface area contributed by atoms with Gasteiger partial charge in [-0.05, 0) is 37.5 Å². The van der Waals surface area contributed by atoms with Crippen molar-refractivity contribution in [3.63, 3.8) is 0 Å². The smallest absolute Gasteiger partial charge is 0.251 e. The maximum atomic E-state index is 11.9. The van der Waals surface area contributed by atoms with Gasteiger partial charge in [-0.3, -0.25) is 4.79 Å². The lowest BCUT2D eigenvalue weighted by Gasteiger charge is -2.19. The lowest BCUT2D eigenvalue weighted by Crippen LogP contribution is -2.35. The van der Waals surface area contributed by atoms with Crippen LogP contribution in [0.3, 0.4) is 0 Å². The molecule has 16 heavy (non-hydrogen) atoms. The van der Waals surface area contributed by atoms with Gasteiger partial charge in [0.2, 0.25) is 0 Å². The molecular weight excluding hydrogens is 200 g/mol. The maximum Gasteiger partial charge on any atom is 0.251 e. The van der Waals surface area contributed by atoms with Gasteiger partial charge in [-0.2, -0.15) is 0 Å². The number of hydrogen-bond acceptors (Lipinski definition) is 2. The van der Waals surface area contributed by atoms with E-state index in [2.05, 4.69) is 17.5 Å². The van der Waals surface area contributed by atoms with Crippen LogP contribution in [0.15, 0.2) is 36.4 Å². The number of amides is 1. The maximum absolute atomic E-state index is 11.9. The Balaban J connectivity index is 2.00. The highest BCUT2D eigenvalue weighted by atomic mass is 16.1. The van der Waals surface area contributed by atoms with Gasteiger partial charge in [0.05, 0.1) is 0 Å². The average Bonchev–Trinajstić information content (AvgIpc) is 2.30. The Morgan fingerprint density at radius 1 is 1.38 bits per heavy atom. The first kappa shape index (κ1) is 10.7. The molecule has 3 nitrogen and oxygen atoms in total. The quantitative estimate of drug-likeness (QED) is 0.587. The van der Waals surface area contributed by atoms with E-state index in [4.69, 9.17) is 5.73 Å². The minimum Gasteiger partial charge on any atom is -0.399 e. The van der Waals surface area contributed by atoms with Crippen molar-refractivity contribution in [2.24, 2.45) is 0 Å². The molecule has 1 unspecified atom stereocenters. The normalized spacial score (nSPS) is 19.4. The first-order valence-electron chi connectivity index (χ1n) is 5.57. The summed E-state index contributed by atoms with van der Waals surface area (Å²) in [5.41, 5.74) is 6.89. The fraction of sp³-hybridized carbons (Fsp3) is 0.308. The molecule has 0 saturated carbocycles. The Bertz CT molecular complexity index is 412. The van der Waals surface area contributed by atoms with Crippen LogP contribution >= 0.6 is 0 Å². The first-order chi connectivity index (χ1) is 7.75. The zero-order valence-corrected chi connectivity index (χ0v) is 9.15. The summed E-state index contributed by atoms with van der Waals surface area (Å²) in [5.74, 6) is -0.0346. The third-order valence-electron chi connectivity index (χ3n) is 2.75. The molecule has 0 bridgehead atoms. The number of allylic oxidation sites excluding steroid dienone is 1. The summed E-state index contributed by atoms with van der Waals surface area (Å²) in [6, 6.07) is 7.32. The van der Waals surface area contributed by atoms with E-state index in [0.29, 0.717) is 11.3 Å². The SMILES string of the molecule is Nc1cccc(C(=O)NC2CC=CCC2)c1. The van der Waals surface area contributed by atoms with Gasteiger partial charge in [0.1, 0.15) is 0 Å². The van der Waals surface area contributed by atoms with E-state index in [1.165, 1.54) is 0 Å². The van der Waals surface area contributed by atoms with Crippen LogP contribution < -0.4 is 11.1 Å². The Kier molecular flexibility index (Phi) is 3.25. The number of rotatable bonds is 2. The Morgan fingerprint density at radius 2 is 2.25 bits per heavy atom. The van der Waals surface area contributed by atoms with E-state index in [-0.39, 0.29) is 11.9 Å². The highest BCUT2D eigenvalue weighted by Gasteiger charge is 2.13. The lowest BCUT2D eigenvalue weighted by atomic mass is 10.0. The topological polar surface area (TPSA) is 55.1 Å². The number of carbonyl (C=O) groups is 1. The number of nitrogen functional groups attached to an aromatic ring is 1. The molecule has 0 radical (unpaired) electrons. The summed E-state index contributed by atoms with van der Waals surface area (Å²) < 4.78 is 0. The van der Waals surface area contributed by atoms with E-state index >= 15 is 0 Å². The van der Waals surface area contributed by atoms with Gasteiger partial charge < -0.3 is 11.1 Å². The predicted octanol–water partition coefficient (Wildman–Crippen LogP) is 2.11. The summed E-state index contributed by atoms with van der Waals surface area (Å²) in [5, 5.41) is 3.02. The molecule has 0 fully saturated rings. The van der Waals surface area contributed by atoms with Gasteiger partial charge in [0, 0.05) is 17.3 Å². The van der Waals surface area contributed by atoms with E-state index in [9.17, 15) is 4.79 Å². The molecule has 1 atom stereocenters. The van der Waals surface area contributed by atoms with Crippen LogP contribution in [0.4, 0.5) is 5.69 Å². The zero-order valence-electron chi connectivity index (χ0n) is 9.15. The number of anilines is 1. The summed E-state index contributed by atoms with van der Waals surface area (Å²) in [4.78, 5) is 11.9. The highest BCUT2D eigenvalue weighted by molar-refractivity contribution is 5.95. The second kappa shape index (κ2) is 4.84. The predicted molar refractivity (Wildman–Crippen MR) is 65.1 cm³/mol. The number of nitrogens with two attached hydrogens (primary N) is 1. The number of nitrogens with one attached hydrogen (secondary N) is 1. The second-order valence-corrected chi connectivity index (χ2v) is 4.08. The van der Waals surface area contributed by atoms with Crippen molar-refractivity contribution in [3.05, 3.63) is 42.0 Å². The first-order valence-corrected chi connectivity index (χ1v) is 5.57. The van der Waals surface area contributed by atoms with Crippen LogP contribution in [0.1, 0.15) is 29.6 Å². The third kappa shape index (κ3) is 2.63. The molecule has 1 aromatic rings. The fourth-order valence-corrected chi connectivity index (χ4v) is 1.87. The van der Waals surface area contributed by atoms with Crippen molar-refractivity contribution >= 4 is 11.6 Å². The summed E-state index contributed by atoms with van der Waals surface area (Å²) in [6.07, 6.45) is 7.26. The van der Waals surface area contributed by atoms with Crippen LogP contribution in [0.5, 0.6) is 0 Å². The highest BCUT2D eigenvalue weighted by Crippen LogP contribution is 2.12. The van der Waals surface area contributed by atoms with Gasteiger partial charge in [-0.15, -0.1) is 0 Å². The van der Waals surface area contributed by atoms with Gasteiger partial charge in [0.25, 0.3) is 5.91 Å². The Morgan fingerprint density at radius 3 is 2.94 bits per heavy atom. The molecule has 1 aliphatic rings. The number of benzene rings is 1. The third-order valence-corrected chi connectivity index (χ3v) is 2.75. The second-order valence-electron chi connectivity index (χ2n) is 4.08. The average molecular weight is 216 g/mol. The van der Waals surface area contributed by atoms with E-state index in [1.807, 2.05) is 0 Å². The summed E-state index contributed by atoms with van der Waals surface area (Å²) in [7, 11) is 0. The lowest BCUT2D eigenvalue weighted by molar-refractivity contribution is 0.0935. The van der Waals surface area contributed by atoms with Gasteiger partial charge in [-0.25, -0.2) is 0 Å². The minimum atomic E-state index is -0.0346. The number of hydrogen-bond donors (Lipinski definition) is 2. The van der Waals surface area contributed by atoms with Crippen molar-refractivity contribution in [2.75, 3.05) is 5.73 Å². The number of carbonyl (C=O) groups excluding carboxylic acids is 1. The molecule has 1 amide bonds. The Hall–Kier alpha value is -1.77. The molecule has 84 valence electrons. The molecule has 1 aliphatic carbocycles. The van der Waals surface area contributed by atoms with Crippen molar-refractivity contribution in [2.45, 2.75) is 25.3 Å². The largest absolute Gasteiger partial charge is 0.399 e. The van der Waals surface area contributed by atoms with E-state index < -0.39 is 0 Å². The summed E-state index contributed by atoms with van der Waals surface area (Å²) in [6.45, 7) is 0. The van der Waals surface area contributed by atoms with Crippen molar-refractivity contribution in [1.82, 2.24) is 5.32 Å². The monoisotopic (exact) mass is 216 g/mol. The summed E-state index contributed by atoms with van der Waals surface area (Å²) >= 11 is 0. The van der Waals surface area contributed by atoms with E-state index in [0.717, 1.165) is 19.3 Å². The molecule has 3 N–H and O–H groups in total. The molecule has 3 heteroatoms. The molecule has 0 spiro atoms. The molecule has 2 rings (SSSR count). The van der Waals surface area contributed by atoms with Crippen LogP contribution in [-0.2, 0) is 0 Å².